The lowest BCUT2D eigenvalue weighted by molar-refractivity contribution is 0.672. The molecule has 16 heavy (non-hydrogen) atoms. The summed E-state index contributed by atoms with van der Waals surface area (Å²) >= 11 is 7.86. The van der Waals surface area contributed by atoms with Crippen molar-refractivity contribution in [1.82, 2.24) is 4.98 Å². The molecule has 0 radical (unpaired) electrons. The van der Waals surface area contributed by atoms with Crippen LogP contribution in [0.2, 0.25) is 5.02 Å². The van der Waals surface area contributed by atoms with E-state index in [0.29, 0.717) is 6.04 Å². The van der Waals surface area contributed by atoms with Crippen molar-refractivity contribution >= 4 is 38.8 Å². The van der Waals surface area contributed by atoms with Crippen LogP contribution < -0.4 is 5.32 Å². The molecule has 0 saturated heterocycles. The number of hydrogen-bond donors (Lipinski definition) is 1. The Labute approximate surface area is 105 Å². The number of thiazole rings is 1. The Hall–Kier alpha value is -0.800. The van der Waals surface area contributed by atoms with Crippen molar-refractivity contribution in [2.24, 2.45) is 0 Å². The van der Waals surface area contributed by atoms with Gasteiger partial charge < -0.3 is 5.32 Å². The molecule has 1 heterocycles. The molecule has 2 aromatic rings. The zero-order chi connectivity index (χ0) is 11.5. The minimum atomic E-state index is 0.463. The highest BCUT2D eigenvalue weighted by molar-refractivity contribution is 7.16. The maximum Gasteiger partial charge on any atom is 0.106 e. The fourth-order valence-corrected chi connectivity index (χ4v) is 2.63. The summed E-state index contributed by atoms with van der Waals surface area (Å²) in [5, 5.41) is 4.24. The van der Waals surface area contributed by atoms with Crippen LogP contribution in [0.1, 0.15) is 26.7 Å². The van der Waals surface area contributed by atoms with E-state index in [1.807, 2.05) is 17.6 Å². The van der Waals surface area contributed by atoms with E-state index in [0.717, 1.165) is 29.1 Å². The number of halogens is 1. The fraction of sp³-hybridized carbons (Fsp3) is 0.417. The van der Waals surface area contributed by atoms with Crippen molar-refractivity contribution < 1.29 is 0 Å². The highest BCUT2D eigenvalue weighted by Gasteiger charge is 2.11. The Morgan fingerprint density at radius 2 is 2.12 bits per heavy atom. The molecular formula is C12H15ClN2S. The number of nitrogens with zero attached hydrogens (tertiary/aromatic N) is 1. The maximum atomic E-state index is 6.22. The molecule has 0 saturated carbocycles. The second-order valence-corrected chi connectivity index (χ2v) is 5.07. The molecule has 0 bridgehead atoms. The number of rotatable bonds is 4. The lowest BCUT2D eigenvalue weighted by Crippen LogP contribution is -2.17. The summed E-state index contributed by atoms with van der Waals surface area (Å²) < 4.78 is 1.18. The monoisotopic (exact) mass is 254 g/mol. The molecule has 0 aliphatic rings. The third kappa shape index (κ3) is 2.15. The van der Waals surface area contributed by atoms with Crippen LogP contribution in [0.3, 0.4) is 0 Å². The van der Waals surface area contributed by atoms with Gasteiger partial charge in [0.15, 0.2) is 0 Å². The van der Waals surface area contributed by atoms with Gasteiger partial charge in [0.25, 0.3) is 0 Å². The summed E-state index contributed by atoms with van der Waals surface area (Å²) in [5.74, 6) is 0. The van der Waals surface area contributed by atoms with Gasteiger partial charge in [0, 0.05) is 6.04 Å². The number of anilines is 1. The van der Waals surface area contributed by atoms with E-state index in [2.05, 4.69) is 24.1 Å². The highest BCUT2D eigenvalue weighted by Crippen LogP contribution is 2.33. The van der Waals surface area contributed by atoms with E-state index >= 15 is 0 Å². The first-order valence-electron chi connectivity index (χ1n) is 5.54. The van der Waals surface area contributed by atoms with Crippen LogP contribution in [0.5, 0.6) is 0 Å². The average Bonchev–Trinajstić information content (AvgIpc) is 2.76. The van der Waals surface area contributed by atoms with Crippen molar-refractivity contribution in [2.45, 2.75) is 32.7 Å². The summed E-state index contributed by atoms with van der Waals surface area (Å²) in [7, 11) is 0. The second kappa shape index (κ2) is 5.02. The van der Waals surface area contributed by atoms with Crippen LogP contribution in [-0.2, 0) is 0 Å². The Balaban J connectivity index is 2.41. The van der Waals surface area contributed by atoms with Crippen molar-refractivity contribution in [1.29, 1.82) is 0 Å². The van der Waals surface area contributed by atoms with E-state index in [1.165, 1.54) is 4.70 Å². The molecule has 1 aromatic carbocycles. The average molecular weight is 255 g/mol. The van der Waals surface area contributed by atoms with E-state index in [4.69, 9.17) is 11.6 Å². The minimum absolute atomic E-state index is 0.463. The SMILES string of the molecule is CCC(CC)Nc1c(Cl)ccc2scnc12. The molecule has 0 aliphatic carbocycles. The van der Waals surface area contributed by atoms with Crippen LogP contribution in [0.4, 0.5) is 5.69 Å². The van der Waals surface area contributed by atoms with Gasteiger partial charge in [-0.15, -0.1) is 11.3 Å². The predicted molar refractivity (Wildman–Crippen MR) is 72.6 cm³/mol. The molecule has 0 aliphatic heterocycles. The zero-order valence-corrected chi connectivity index (χ0v) is 11.0. The van der Waals surface area contributed by atoms with Gasteiger partial charge in [0.05, 0.1) is 20.9 Å². The summed E-state index contributed by atoms with van der Waals surface area (Å²) in [6.07, 6.45) is 2.18. The van der Waals surface area contributed by atoms with Gasteiger partial charge in [-0.05, 0) is 25.0 Å². The number of fused-ring (bicyclic) bond motifs is 1. The molecule has 4 heteroatoms. The van der Waals surface area contributed by atoms with Gasteiger partial charge in [0.1, 0.15) is 5.52 Å². The molecule has 0 amide bonds. The molecule has 0 unspecified atom stereocenters. The third-order valence-corrected chi connectivity index (χ3v) is 3.89. The van der Waals surface area contributed by atoms with Crippen molar-refractivity contribution in [3.05, 3.63) is 22.7 Å². The second-order valence-electron chi connectivity index (χ2n) is 3.78. The molecule has 2 rings (SSSR count). The largest absolute Gasteiger partial charge is 0.379 e. The highest BCUT2D eigenvalue weighted by atomic mass is 35.5. The predicted octanol–water partition coefficient (Wildman–Crippen LogP) is 4.55. The number of benzene rings is 1. The minimum Gasteiger partial charge on any atom is -0.379 e. The summed E-state index contributed by atoms with van der Waals surface area (Å²) in [4.78, 5) is 4.37. The quantitative estimate of drug-likeness (QED) is 0.866. The third-order valence-electron chi connectivity index (χ3n) is 2.79. The molecular weight excluding hydrogens is 240 g/mol. The van der Waals surface area contributed by atoms with Crippen molar-refractivity contribution in [3.63, 3.8) is 0 Å². The maximum absolute atomic E-state index is 6.22. The summed E-state index contributed by atoms with van der Waals surface area (Å²) in [6, 6.07) is 4.42. The molecule has 86 valence electrons. The van der Waals surface area contributed by atoms with Gasteiger partial charge in [-0.2, -0.15) is 0 Å². The van der Waals surface area contributed by atoms with Crippen molar-refractivity contribution in [2.75, 3.05) is 5.32 Å². The number of hydrogen-bond acceptors (Lipinski definition) is 3. The number of nitrogens with one attached hydrogen (secondary N) is 1. The van der Waals surface area contributed by atoms with E-state index in [1.54, 1.807) is 11.3 Å². The first-order valence-corrected chi connectivity index (χ1v) is 6.80. The standard InChI is InChI=1S/C12H15ClN2S/c1-3-8(4-2)15-11-9(13)5-6-10-12(11)14-7-16-10/h5-8,15H,3-4H2,1-2H3. The van der Waals surface area contributed by atoms with Gasteiger partial charge in [-0.3, -0.25) is 0 Å². The Morgan fingerprint density at radius 1 is 1.38 bits per heavy atom. The van der Waals surface area contributed by atoms with Crippen LogP contribution in [0, 0.1) is 0 Å². The van der Waals surface area contributed by atoms with E-state index in [9.17, 15) is 0 Å². The molecule has 2 nitrogen and oxygen atoms in total. The van der Waals surface area contributed by atoms with Crippen LogP contribution in [0.25, 0.3) is 10.2 Å². The molecule has 1 N–H and O–H groups in total. The van der Waals surface area contributed by atoms with Crippen LogP contribution >= 0.6 is 22.9 Å². The molecule has 0 fully saturated rings. The van der Waals surface area contributed by atoms with Gasteiger partial charge in [0.2, 0.25) is 0 Å². The molecule has 1 aromatic heterocycles. The van der Waals surface area contributed by atoms with Crippen molar-refractivity contribution in [3.8, 4) is 0 Å². The smallest absolute Gasteiger partial charge is 0.106 e. The van der Waals surface area contributed by atoms with Gasteiger partial charge in [-0.1, -0.05) is 25.4 Å². The fourth-order valence-electron chi connectivity index (χ4n) is 1.74. The molecule has 0 atom stereocenters. The molecule has 0 spiro atoms. The normalized spacial score (nSPS) is 11.2. The van der Waals surface area contributed by atoms with Gasteiger partial charge >= 0.3 is 0 Å². The van der Waals surface area contributed by atoms with Crippen LogP contribution in [-0.4, -0.2) is 11.0 Å². The Kier molecular flexibility index (Phi) is 3.66. The summed E-state index contributed by atoms with van der Waals surface area (Å²) in [5.41, 5.74) is 3.83. The van der Waals surface area contributed by atoms with E-state index < -0.39 is 0 Å². The first-order chi connectivity index (χ1) is 7.76. The topological polar surface area (TPSA) is 24.9 Å². The lowest BCUT2D eigenvalue weighted by Gasteiger charge is -2.17. The zero-order valence-electron chi connectivity index (χ0n) is 9.46. The summed E-state index contributed by atoms with van der Waals surface area (Å²) in [6.45, 7) is 4.35. The first kappa shape index (κ1) is 11.7. The van der Waals surface area contributed by atoms with Gasteiger partial charge in [-0.25, -0.2) is 4.98 Å². The Bertz CT molecular complexity index is 477. The Morgan fingerprint density at radius 3 is 2.81 bits per heavy atom. The van der Waals surface area contributed by atoms with Crippen LogP contribution in [0.15, 0.2) is 17.6 Å². The van der Waals surface area contributed by atoms with E-state index in [-0.39, 0.29) is 0 Å². The number of aromatic nitrogens is 1. The lowest BCUT2D eigenvalue weighted by atomic mass is 10.1.